The van der Waals surface area contributed by atoms with Gasteiger partial charge in [0.25, 0.3) is 0 Å². The summed E-state index contributed by atoms with van der Waals surface area (Å²) in [7, 11) is 0. The Hall–Kier alpha value is -1.35. The maximum atomic E-state index is 11.1. The number of hydrogen-bond donors (Lipinski definition) is 1. The van der Waals surface area contributed by atoms with Crippen molar-refractivity contribution in [3.8, 4) is 0 Å². The van der Waals surface area contributed by atoms with Crippen LogP contribution in [0.2, 0.25) is 0 Å². The molecule has 0 aliphatic rings. The molecule has 82 valence electrons. The van der Waals surface area contributed by atoms with Crippen molar-refractivity contribution >= 4 is 5.97 Å². The van der Waals surface area contributed by atoms with Crippen LogP contribution >= 0.6 is 0 Å². The molecule has 3 nitrogen and oxygen atoms in total. The molecule has 1 aromatic rings. The number of benzene rings is 1. The fourth-order valence-corrected chi connectivity index (χ4v) is 1.24. The molecule has 0 saturated carbocycles. The van der Waals surface area contributed by atoms with Gasteiger partial charge < -0.3 is 10.5 Å². The first-order valence-electron chi connectivity index (χ1n) is 5.24. The fourth-order valence-electron chi connectivity index (χ4n) is 1.24. The van der Waals surface area contributed by atoms with E-state index < -0.39 is 0 Å². The number of carbonyl (C=O) groups is 1. The van der Waals surface area contributed by atoms with Crippen LogP contribution in [0.5, 0.6) is 0 Å². The van der Waals surface area contributed by atoms with Crippen molar-refractivity contribution in [1.82, 2.24) is 0 Å². The third-order valence-electron chi connectivity index (χ3n) is 2.10. The van der Waals surface area contributed by atoms with Crippen molar-refractivity contribution in [2.24, 2.45) is 0 Å². The maximum absolute atomic E-state index is 11.1. The molecular weight excluding hydrogens is 190 g/mol. The third kappa shape index (κ3) is 4.61. The van der Waals surface area contributed by atoms with Gasteiger partial charge in [-0.3, -0.25) is 0 Å². The van der Waals surface area contributed by atoms with E-state index >= 15 is 0 Å². The van der Waals surface area contributed by atoms with Crippen LogP contribution in [0.3, 0.4) is 0 Å². The largest absolute Gasteiger partial charge is 0.461 e. The Balaban J connectivity index is 2.15. The lowest BCUT2D eigenvalue weighted by Crippen LogP contribution is -2.63. The summed E-state index contributed by atoms with van der Waals surface area (Å²) in [5, 5.41) is 0. The molecule has 15 heavy (non-hydrogen) atoms. The summed E-state index contributed by atoms with van der Waals surface area (Å²) in [6.45, 7) is 2.22. The number of rotatable bonds is 5. The molecule has 0 fully saturated rings. The van der Waals surface area contributed by atoms with Gasteiger partial charge >= 0.3 is 5.97 Å². The summed E-state index contributed by atoms with van der Waals surface area (Å²) in [6, 6.07) is 9.89. The highest BCUT2D eigenvalue weighted by atomic mass is 16.5. The smallest absolute Gasteiger partial charge is 0.364 e. The van der Waals surface area contributed by atoms with Gasteiger partial charge in [-0.25, -0.2) is 4.79 Å². The summed E-state index contributed by atoms with van der Waals surface area (Å²) in [6.07, 6.45) is 1.81. The van der Waals surface area contributed by atoms with Crippen LogP contribution in [0.1, 0.15) is 18.9 Å². The second-order valence-electron chi connectivity index (χ2n) is 3.66. The highest BCUT2D eigenvalue weighted by Crippen LogP contribution is 2.02. The van der Waals surface area contributed by atoms with Crippen LogP contribution in [0.4, 0.5) is 0 Å². The van der Waals surface area contributed by atoms with Crippen LogP contribution in [0.25, 0.3) is 0 Å². The summed E-state index contributed by atoms with van der Waals surface area (Å²) in [5.74, 6) is -0.219. The summed E-state index contributed by atoms with van der Waals surface area (Å²) in [4.78, 5) is 11.1. The van der Waals surface area contributed by atoms with Crippen molar-refractivity contribution in [3.05, 3.63) is 35.9 Å². The van der Waals surface area contributed by atoms with Crippen molar-refractivity contribution in [3.63, 3.8) is 0 Å². The average molecular weight is 208 g/mol. The summed E-state index contributed by atoms with van der Waals surface area (Å²) in [5.41, 5.74) is 4.88. The van der Waals surface area contributed by atoms with E-state index in [0.29, 0.717) is 6.61 Å². The Morgan fingerprint density at radius 1 is 1.40 bits per heavy atom. The fraction of sp³-hybridized carbons (Fsp3) is 0.417. The van der Waals surface area contributed by atoms with Gasteiger partial charge in [-0.1, -0.05) is 30.3 Å². The van der Waals surface area contributed by atoms with E-state index in [-0.39, 0.29) is 12.0 Å². The molecule has 0 saturated heterocycles. The summed E-state index contributed by atoms with van der Waals surface area (Å²) < 4.78 is 5.02. The molecule has 0 spiro atoms. The molecule has 1 aromatic carbocycles. The molecule has 1 atom stereocenters. The van der Waals surface area contributed by atoms with Crippen LogP contribution in [-0.4, -0.2) is 18.6 Å². The van der Waals surface area contributed by atoms with E-state index in [1.165, 1.54) is 5.56 Å². The summed E-state index contributed by atoms with van der Waals surface area (Å²) >= 11 is 0. The number of carbonyl (C=O) groups excluding carboxylic acids is 1. The molecule has 0 heterocycles. The van der Waals surface area contributed by atoms with Crippen molar-refractivity contribution in [1.29, 1.82) is 0 Å². The molecule has 0 bridgehead atoms. The Morgan fingerprint density at radius 3 is 2.67 bits per heavy atom. The molecule has 0 aliphatic heterocycles. The predicted molar refractivity (Wildman–Crippen MR) is 58.1 cm³/mol. The first-order valence-corrected chi connectivity index (χ1v) is 5.24. The highest BCUT2D eigenvalue weighted by molar-refractivity contribution is 5.73. The predicted octanol–water partition coefficient (Wildman–Crippen LogP) is 0.793. The SMILES string of the molecule is C[C@H]([NH3+])C(=O)OCCCc1ccccc1. The van der Waals surface area contributed by atoms with Crippen LogP contribution < -0.4 is 5.73 Å². The monoisotopic (exact) mass is 208 g/mol. The lowest BCUT2D eigenvalue weighted by molar-refractivity contribution is -0.402. The number of esters is 1. The van der Waals surface area contributed by atoms with Crippen LogP contribution in [0.15, 0.2) is 30.3 Å². The van der Waals surface area contributed by atoms with E-state index in [1.807, 2.05) is 18.2 Å². The number of hydrogen-bond acceptors (Lipinski definition) is 2. The second-order valence-corrected chi connectivity index (χ2v) is 3.66. The zero-order valence-electron chi connectivity index (χ0n) is 9.11. The molecule has 0 aliphatic carbocycles. The molecule has 0 aromatic heterocycles. The van der Waals surface area contributed by atoms with Crippen molar-refractivity contribution < 1.29 is 15.3 Å². The first-order chi connectivity index (χ1) is 7.20. The lowest BCUT2D eigenvalue weighted by Gasteiger charge is -2.05. The zero-order chi connectivity index (χ0) is 11.1. The Morgan fingerprint density at radius 2 is 2.07 bits per heavy atom. The van der Waals surface area contributed by atoms with E-state index in [4.69, 9.17) is 4.74 Å². The normalized spacial score (nSPS) is 12.1. The minimum Gasteiger partial charge on any atom is -0.461 e. The quantitative estimate of drug-likeness (QED) is 0.574. The number of aryl methyl sites for hydroxylation is 1. The van der Waals surface area contributed by atoms with Gasteiger partial charge in [-0.2, -0.15) is 0 Å². The molecular formula is C12H18NO2+. The Kier molecular flexibility index (Phi) is 4.84. The Bertz CT molecular complexity index is 296. The molecule has 0 amide bonds. The number of ether oxygens (including phenoxy) is 1. The third-order valence-corrected chi connectivity index (χ3v) is 2.10. The topological polar surface area (TPSA) is 53.9 Å². The van der Waals surface area contributed by atoms with E-state index in [9.17, 15) is 4.79 Å². The second kappa shape index (κ2) is 6.19. The van der Waals surface area contributed by atoms with Gasteiger partial charge in [-0.05, 0) is 25.3 Å². The van der Waals surface area contributed by atoms with E-state index in [1.54, 1.807) is 6.92 Å². The zero-order valence-corrected chi connectivity index (χ0v) is 9.11. The van der Waals surface area contributed by atoms with E-state index in [2.05, 4.69) is 17.9 Å². The average Bonchev–Trinajstić information content (AvgIpc) is 2.25. The standard InChI is InChI=1S/C12H17NO2/c1-10(13)12(14)15-9-5-8-11-6-3-2-4-7-11/h2-4,6-7,10H,5,8-9,13H2,1H3/p+1/t10-/m0/s1. The van der Waals surface area contributed by atoms with Gasteiger partial charge in [0.1, 0.15) is 0 Å². The highest BCUT2D eigenvalue weighted by Gasteiger charge is 2.11. The van der Waals surface area contributed by atoms with Crippen LogP contribution in [-0.2, 0) is 16.0 Å². The molecule has 0 radical (unpaired) electrons. The molecule has 0 unspecified atom stereocenters. The van der Waals surface area contributed by atoms with Gasteiger partial charge in [-0.15, -0.1) is 0 Å². The first kappa shape index (κ1) is 11.7. The van der Waals surface area contributed by atoms with Gasteiger partial charge in [0.15, 0.2) is 6.04 Å². The lowest BCUT2D eigenvalue weighted by atomic mass is 10.1. The van der Waals surface area contributed by atoms with Crippen LogP contribution in [0, 0.1) is 0 Å². The van der Waals surface area contributed by atoms with E-state index in [0.717, 1.165) is 12.8 Å². The minimum absolute atomic E-state index is 0.219. The van der Waals surface area contributed by atoms with Crippen molar-refractivity contribution in [2.45, 2.75) is 25.8 Å². The molecule has 3 N–H and O–H groups in total. The van der Waals surface area contributed by atoms with Gasteiger partial charge in [0.2, 0.25) is 0 Å². The van der Waals surface area contributed by atoms with Gasteiger partial charge in [0.05, 0.1) is 6.61 Å². The number of quaternary nitrogens is 1. The molecule has 3 heteroatoms. The maximum Gasteiger partial charge on any atom is 0.364 e. The Labute approximate surface area is 90.2 Å². The molecule has 1 rings (SSSR count). The van der Waals surface area contributed by atoms with Gasteiger partial charge in [0, 0.05) is 0 Å². The van der Waals surface area contributed by atoms with Crippen molar-refractivity contribution in [2.75, 3.05) is 6.61 Å². The minimum atomic E-state index is -0.276.